The molecule has 2 aromatic rings. The largest absolute Gasteiger partial charge is 0.588 e. The van der Waals surface area contributed by atoms with Crippen LogP contribution in [0.1, 0.15) is 78.1 Å². The monoisotopic (exact) mass is 1040 g/mol. The molecule has 24 heteroatoms. The number of alkyl halides is 6. The Bertz CT molecular complexity index is 1760. The molecule has 358 valence electrons. The summed E-state index contributed by atoms with van der Waals surface area (Å²) in [6, 6.07) is 13.5. The molecule has 1 heterocycles. The smallest absolute Gasteiger partial charge is 0.456 e. The number of hydrogen-bond donors (Lipinski definition) is 2. The molecule has 5 atom stereocenters. The van der Waals surface area contributed by atoms with Crippen LogP contribution in [0.5, 0.6) is 11.5 Å². The molecule has 1 fully saturated rings. The molecule has 0 radical (unpaired) electrons. The number of amides is 2. The van der Waals surface area contributed by atoms with Crippen LogP contribution in [0, 0.1) is 0 Å². The van der Waals surface area contributed by atoms with E-state index in [1.807, 2.05) is 0 Å². The lowest BCUT2D eigenvalue weighted by atomic mass is 9.96. The zero-order valence-electron chi connectivity index (χ0n) is 34.9. The highest BCUT2D eigenvalue weighted by atomic mass is 35.6. The summed E-state index contributed by atoms with van der Waals surface area (Å²) in [4.78, 5) is 64.9. The van der Waals surface area contributed by atoms with E-state index in [1.54, 1.807) is 36.4 Å². The van der Waals surface area contributed by atoms with E-state index in [1.165, 1.54) is 43.5 Å². The number of esters is 2. The summed E-state index contributed by atoms with van der Waals surface area (Å²) in [5.41, 5.74) is 0. The van der Waals surface area contributed by atoms with Gasteiger partial charge in [0.15, 0.2) is 6.10 Å². The molecule has 2 aromatic carbocycles. The van der Waals surface area contributed by atoms with Gasteiger partial charge in [-0.15, -0.1) is 0 Å². The molecule has 2 N–H and O–H groups in total. The number of phosphoric acid groups is 1. The van der Waals surface area contributed by atoms with Crippen LogP contribution < -0.4 is 19.7 Å². The van der Waals surface area contributed by atoms with E-state index in [2.05, 4.69) is 17.6 Å². The second kappa shape index (κ2) is 28.1. The van der Waals surface area contributed by atoms with Gasteiger partial charge in [-0.1, -0.05) is 164 Å². The maximum absolute atomic E-state index is 14.9. The van der Waals surface area contributed by atoms with Gasteiger partial charge in [-0.25, -0.2) is 14.2 Å². The first-order chi connectivity index (χ1) is 30.3. The van der Waals surface area contributed by atoms with E-state index < -0.39 is 103 Å². The molecular formula is C40H51Cl6N2O15P. The molecule has 0 spiro atoms. The second-order valence-electron chi connectivity index (χ2n) is 14.1. The number of para-hydroxylation sites is 2. The number of ether oxygens (including phenoxy) is 6. The summed E-state index contributed by atoms with van der Waals surface area (Å²) in [5, 5.41) is 4.82. The van der Waals surface area contributed by atoms with E-state index in [9.17, 15) is 28.5 Å². The van der Waals surface area contributed by atoms with E-state index in [0.29, 0.717) is 6.42 Å². The fourth-order valence-corrected chi connectivity index (χ4v) is 7.62. The fraction of sp³-hybridized carbons (Fsp3) is 0.575. The van der Waals surface area contributed by atoms with E-state index in [-0.39, 0.29) is 17.9 Å². The first kappa shape index (κ1) is 55.2. The van der Waals surface area contributed by atoms with Crippen molar-refractivity contribution >= 4 is 108 Å². The molecule has 1 saturated heterocycles. The lowest BCUT2D eigenvalue weighted by molar-refractivity contribution is -0.263. The molecule has 0 aliphatic carbocycles. The predicted octanol–water partition coefficient (Wildman–Crippen LogP) is 9.86. The Labute approximate surface area is 401 Å². The first-order valence-electron chi connectivity index (χ1n) is 20.2. The van der Waals surface area contributed by atoms with Crippen LogP contribution in [0.3, 0.4) is 0 Å². The highest BCUT2D eigenvalue weighted by molar-refractivity contribution is 7.49. The van der Waals surface area contributed by atoms with E-state index in [4.69, 9.17) is 112 Å². The van der Waals surface area contributed by atoms with Crippen LogP contribution in [-0.2, 0) is 51.9 Å². The third-order valence-electron chi connectivity index (χ3n) is 8.68. The number of unbranched alkanes of at least 4 members (excludes halogenated alkanes) is 8. The molecule has 0 bridgehead atoms. The molecule has 17 nitrogen and oxygen atoms in total. The summed E-state index contributed by atoms with van der Waals surface area (Å²) in [5.74, 6) is -2.61. The third-order valence-corrected chi connectivity index (χ3v) is 10.7. The van der Waals surface area contributed by atoms with Gasteiger partial charge in [0.05, 0.1) is 0 Å². The van der Waals surface area contributed by atoms with Gasteiger partial charge in [0.2, 0.25) is 19.8 Å². The van der Waals surface area contributed by atoms with Gasteiger partial charge in [-0.2, -0.15) is 0 Å². The lowest BCUT2D eigenvalue weighted by Crippen LogP contribution is -2.67. The van der Waals surface area contributed by atoms with Gasteiger partial charge in [0.25, 0.3) is 0 Å². The third kappa shape index (κ3) is 22.9. The van der Waals surface area contributed by atoms with Crippen molar-refractivity contribution in [3.8, 4) is 11.5 Å². The van der Waals surface area contributed by atoms with Crippen molar-refractivity contribution in [2.45, 2.75) is 116 Å². The maximum Gasteiger partial charge on any atom is 0.588 e. The molecule has 0 saturated carbocycles. The molecule has 1 aliphatic rings. The van der Waals surface area contributed by atoms with Gasteiger partial charge in [0.1, 0.15) is 56.1 Å². The molecule has 2 amide bonds. The molecule has 1 aliphatic heterocycles. The number of rotatable bonds is 25. The lowest BCUT2D eigenvalue weighted by Gasteiger charge is -2.45. The number of benzene rings is 2. The topological polar surface area (TPSA) is 210 Å². The number of nitrogens with one attached hydrogen (secondary N) is 2. The van der Waals surface area contributed by atoms with Gasteiger partial charge < -0.3 is 48.1 Å². The van der Waals surface area contributed by atoms with Gasteiger partial charge >= 0.3 is 32.0 Å². The van der Waals surface area contributed by atoms with Crippen molar-refractivity contribution < 1.29 is 70.5 Å². The summed E-state index contributed by atoms with van der Waals surface area (Å²) in [6.45, 7) is -0.00860. The SMILES string of the molecule is CCCCCCCCCCCC(=O)NCC(=O)O[C@H]1[C@H](OP(=O)(Oc2ccccc2)Oc2ccccc2)[C@@H](COC(=O)OCC(Cl)(Cl)Cl)OC(OC(C)=O)[C@@H]1NC(=O)OCC(Cl)(Cl)Cl. The summed E-state index contributed by atoms with van der Waals surface area (Å²) in [7, 11) is -5.00. The molecule has 64 heavy (non-hydrogen) atoms. The Balaban J connectivity index is 2.01. The van der Waals surface area contributed by atoms with Gasteiger partial charge in [-0.3, -0.25) is 18.9 Å². The number of carbonyl (C=O) groups is 5. The van der Waals surface area contributed by atoms with Crippen LogP contribution in [-0.4, -0.2) is 94.7 Å². The van der Waals surface area contributed by atoms with Crippen molar-refractivity contribution in [3.05, 3.63) is 60.7 Å². The summed E-state index contributed by atoms with van der Waals surface area (Å²) in [6.07, 6.45) is -0.921. The Morgan fingerprint density at radius 3 is 1.77 bits per heavy atom. The van der Waals surface area contributed by atoms with Crippen LogP contribution in [0.15, 0.2) is 60.7 Å². The number of alkyl carbamates (subject to hydrolysis) is 1. The van der Waals surface area contributed by atoms with Crippen molar-refractivity contribution in [1.82, 2.24) is 10.6 Å². The first-order valence-corrected chi connectivity index (χ1v) is 23.9. The minimum atomic E-state index is -5.00. The highest BCUT2D eigenvalue weighted by Crippen LogP contribution is 2.52. The number of carbonyl (C=O) groups excluding carboxylic acids is 5. The van der Waals surface area contributed by atoms with Crippen molar-refractivity contribution in [1.29, 1.82) is 0 Å². The second-order valence-corrected chi connectivity index (χ2v) is 20.6. The quantitative estimate of drug-likeness (QED) is 0.0312. The zero-order valence-corrected chi connectivity index (χ0v) is 40.3. The molecule has 3 rings (SSSR count). The normalized spacial score (nSPS) is 18.8. The fourth-order valence-electron chi connectivity index (χ4n) is 5.86. The Morgan fingerprint density at radius 2 is 1.23 bits per heavy atom. The number of phosphoric ester groups is 1. The molecular weight excluding hydrogens is 992 g/mol. The predicted molar refractivity (Wildman–Crippen MR) is 238 cm³/mol. The van der Waals surface area contributed by atoms with Crippen molar-refractivity contribution in [2.24, 2.45) is 0 Å². The van der Waals surface area contributed by atoms with Gasteiger partial charge in [0, 0.05) is 13.3 Å². The van der Waals surface area contributed by atoms with Crippen LogP contribution >= 0.6 is 77.4 Å². The zero-order chi connectivity index (χ0) is 47.2. The maximum atomic E-state index is 14.9. The average molecular weight is 1040 g/mol. The van der Waals surface area contributed by atoms with Crippen LogP contribution in [0.4, 0.5) is 9.59 Å². The summed E-state index contributed by atoms with van der Waals surface area (Å²) >= 11 is 34.5. The molecule has 0 aromatic heterocycles. The highest BCUT2D eigenvalue weighted by Gasteiger charge is 2.55. The minimum absolute atomic E-state index is 0.0208. The Hall–Kier alpha value is -3.12. The van der Waals surface area contributed by atoms with E-state index in [0.717, 1.165) is 39.0 Å². The average Bonchev–Trinajstić information content (AvgIpc) is 3.22. The molecule has 1 unspecified atom stereocenters. The van der Waals surface area contributed by atoms with Crippen molar-refractivity contribution in [2.75, 3.05) is 26.4 Å². The summed E-state index contributed by atoms with van der Waals surface area (Å²) < 4.78 is 60.7. The van der Waals surface area contributed by atoms with Crippen LogP contribution in [0.2, 0.25) is 0 Å². The van der Waals surface area contributed by atoms with Gasteiger partial charge in [-0.05, 0) is 30.7 Å². The van der Waals surface area contributed by atoms with Crippen LogP contribution in [0.25, 0.3) is 0 Å². The Morgan fingerprint density at radius 1 is 0.703 bits per heavy atom. The number of halogens is 6. The number of hydrogen-bond acceptors (Lipinski definition) is 15. The standard InChI is InChI=1S/C40H51Cl6N2O15P/c1-3-4-5-6-7-8-9-10-17-22-31(50)47-23-32(51)60-35-33(48-37(52)56-25-39(41,42)43)36(58-27(2)49)59-30(24-55-38(53)57-26-40(44,45)46)34(35)63-64(54,61-28-18-13-11-14-19-28)62-29-20-15-12-16-21-29/h11-16,18-21,30,33-36H,3-10,17,22-26H2,1-2H3,(H,47,50)(H,48,52)/t30-,33-,34-,35-,36?/m1/s1. The van der Waals surface area contributed by atoms with E-state index >= 15 is 0 Å². The minimum Gasteiger partial charge on any atom is -0.456 e. The Kier molecular flexibility index (Phi) is 24.3. The van der Waals surface area contributed by atoms with Crippen molar-refractivity contribution in [3.63, 3.8) is 0 Å².